The molecule has 0 spiro atoms. The van der Waals surface area contributed by atoms with Gasteiger partial charge < -0.3 is 4.74 Å². The number of fused-ring (bicyclic) bond motifs is 2. The summed E-state index contributed by atoms with van der Waals surface area (Å²) in [6, 6.07) is 14.0. The zero-order valence-electron chi connectivity index (χ0n) is 12.4. The van der Waals surface area contributed by atoms with E-state index in [4.69, 9.17) is 4.74 Å². The summed E-state index contributed by atoms with van der Waals surface area (Å²) in [4.78, 5) is 11.1. The summed E-state index contributed by atoms with van der Waals surface area (Å²) in [5.74, 6) is 3.01. The van der Waals surface area contributed by atoms with E-state index in [0.29, 0.717) is 0 Å². The molecule has 0 N–H and O–H groups in total. The van der Waals surface area contributed by atoms with Crippen LogP contribution in [0.1, 0.15) is 11.1 Å². The van der Waals surface area contributed by atoms with Crippen molar-refractivity contribution in [2.24, 2.45) is 0 Å². The number of hydrogen-bond donors (Lipinski definition) is 0. The minimum atomic E-state index is 0.739. The molecule has 4 heteroatoms. The summed E-state index contributed by atoms with van der Waals surface area (Å²) < 4.78 is 5.93. The van der Waals surface area contributed by atoms with Crippen molar-refractivity contribution in [1.82, 2.24) is 9.97 Å². The molecule has 4 nitrogen and oxygen atoms in total. The Labute approximate surface area is 129 Å². The van der Waals surface area contributed by atoms with Crippen molar-refractivity contribution in [2.45, 2.75) is 13.8 Å². The Morgan fingerprint density at radius 3 is 2.09 bits per heavy atom. The molecule has 0 radical (unpaired) electrons. The minimum absolute atomic E-state index is 0.739. The van der Waals surface area contributed by atoms with Gasteiger partial charge in [0.2, 0.25) is 0 Å². The van der Waals surface area contributed by atoms with Crippen LogP contribution in [0.5, 0.6) is 11.5 Å². The summed E-state index contributed by atoms with van der Waals surface area (Å²) in [7, 11) is 0. The van der Waals surface area contributed by atoms with E-state index in [1.165, 1.54) is 11.1 Å². The van der Waals surface area contributed by atoms with Gasteiger partial charge in [0.05, 0.1) is 5.69 Å². The molecule has 0 amide bonds. The van der Waals surface area contributed by atoms with E-state index in [0.717, 1.165) is 28.8 Å². The maximum Gasteiger partial charge on any atom is 0.182 e. The fraction of sp³-hybridized carbons (Fsp3) is 0.111. The van der Waals surface area contributed by atoms with E-state index in [2.05, 4.69) is 46.9 Å². The second kappa shape index (κ2) is 4.84. The molecule has 0 unspecified atom stereocenters. The summed E-state index contributed by atoms with van der Waals surface area (Å²) in [5, 5.41) is 0. The number of nitrogens with zero attached hydrogens (tertiary/aromatic N) is 3. The van der Waals surface area contributed by atoms with Crippen LogP contribution < -0.4 is 9.64 Å². The van der Waals surface area contributed by atoms with E-state index in [1.54, 1.807) is 12.4 Å². The molecule has 0 atom stereocenters. The van der Waals surface area contributed by atoms with Crippen LogP contribution in [0.2, 0.25) is 0 Å². The van der Waals surface area contributed by atoms with Gasteiger partial charge in [0.1, 0.15) is 0 Å². The lowest BCUT2D eigenvalue weighted by Gasteiger charge is -2.31. The van der Waals surface area contributed by atoms with Crippen molar-refractivity contribution in [1.29, 1.82) is 0 Å². The number of benzene rings is 1. The zero-order valence-corrected chi connectivity index (χ0v) is 12.4. The second-order valence-electron chi connectivity index (χ2n) is 5.38. The van der Waals surface area contributed by atoms with Gasteiger partial charge >= 0.3 is 0 Å². The molecular weight excluding hydrogens is 274 g/mol. The summed E-state index contributed by atoms with van der Waals surface area (Å²) in [6.07, 6.45) is 3.54. The lowest BCUT2D eigenvalue weighted by Crippen LogP contribution is -2.19. The number of aromatic nitrogens is 2. The zero-order chi connectivity index (χ0) is 15.1. The third-order valence-corrected chi connectivity index (χ3v) is 3.74. The molecule has 108 valence electrons. The molecule has 22 heavy (non-hydrogen) atoms. The van der Waals surface area contributed by atoms with Gasteiger partial charge in [-0.1, -0.05) is 17.7 Å². The molecule has 1 aliphatic rings. The molecule has 2 aromatic heterocycles. The standard InChI is InChI=1S/C18H15N3O/c1-12-7-8-14(13(2)11-12)21-17-15(5-3-9-19-17)22-16-6-4-10-20-18(16)21/h3-11H,1-2H3. The normalized spacial score (nSPS) is 12.4. The number of anilines is 3. The average molecular weight is 289 g/mol. The fourth-order valence-corrected chi connectivity index (χ4v) is 2.76. The van der Waals surface area contributed by atoms with Gasteiger partial charge in [0.25, 0.3) is 0 Å². The molecule has 0 aliphatic carbocycles. The lowest BCUT2D eigenvalue weighted by atomic mass is 10.1. The van der Waals surface area contributed by atoms with Gasteiger partial charge in [-0.2, -0.15) is 0 Å². The Balaban J connectivity index is 1.98. The Hall–Kier alpha value is -2.88. The molecule has 0 bridgehead atoms. The van der Waals surface area contributed by atoms with E-state index in [1.807, 2.05) is 24.3 Å². The Morgan fingerprint density at radius 2 is 1.50 bits per heavy atom. The molecule has 3 aromatic rings. The summed E-state index contributed by atoms with van der Waals surface area (Å²) in [6.45, 7) is 4.19. The molecule has 0 saturated heterocycles. The highest BCUT2D eigenvalue weighted by atomic mass is 16.5. The number of hydrogen-bond acceptors (Lipinski definition) is 4. The van der Waals surface area contributed by atoms with E-state index < -0.39 is 0 Å². The monoisotopic (exact) mass is 289 g/mol. The number of ether oxygens (including phenoxy) is 1. The number of pyridine rings is 2. The topological polar surface area (TPSA) is 38.2 Å². The highest BCUT2D eigenvalue weighted by Crippen LogP contribution is 2.48. The fourth-order valence-electron chi connectivity index (χ4n) is 2.76. The largest absolute Gasteiger partial charge is 0.450 e. The van der Waals surface area contributed by atoms with Gasteiger partial charge in [0, 0.05) is 12.4 Å². The average Bonchev–Trinajstić information content (AvgIpc) is 2.53. The number of rotatable bonds is 1. The first kappa shape index (κ1) is 12.8. The Kier molecular flexibility index (Phi) is 2.82. The Bertz CT molecular complexity index is 815. The van der Waals surface area contributed by atoms with E-state index in [-0.39, 0.29) is 0 Å². The molecule has 0 saturated carbocycles. The van der Waals surface area contributed by atoms with Gasteiger partial charge in [-0.05, 0) is 49.7 Å². The van der Waals surface area contributed by atoms with Gasteiger partial charge in [-0.15, -0.1) is 0 Å². The van der Waals surface area contributed by atoms with Crippen LogP contribution in [0, 0.1) is 13.8 Å². The van der Waals surface area contributed by atoms with Crippen LogP contribution in [-0.2, 0) is 0 Å². The Morgan fingerprint density at radius 1 is 0.864 bits per heavy atom. The van der Waals surface area contributed by atoms with Crippen LogP contribution in [0.25, 0.3) is 0 Å². The van der Waals surface area contributed by atoms with Crippen molar-refractivity contribution >= 4 is 17.3 Å². The third kappa shape index (κ3) is 1.92. The first-order valence-electron chi connectivity index (χ1n) is 7.19. The van der Waals surface area contributed by atoms with Gasteiger partial charge in [0.15, 0.2) is 23.1 Å². The second-order valence-corrected chi connectivity index (χ2v) is 5.38. The maximum atomic E-state index is 5.93. The predicted octanol–water partition coefficient (Wildman–Crippen LogP) is 4.67. The molecule has 0 fully saturated rings. The highest BCUT2D eigenvalue weighted by molar-refractivity contribution is 5.83. The molecule has 1 aromatic carbocycles. The van der Waals surface area contributed by atoms with Crippen LogP contribution >= 0.6 is 0 Å². The van der Waals surface area contributed by atoms with E-state index in [9.17, 15) is 0 Å². The number of aryl methyl sites for hydroxylation is 2. The molecule has 4 rings (SSSR count). The van der Waals surface area contributed by atoms with Gasteiger partial charge in [-0.25, -0.2) is 9.97 Å². The van der Waals surface area contributed by atoms with Crippen LogP contribution in [-0.4, -0.2) is 9.97 Å². The van der Waals surface area contributed by atoms with Crippen LogP contribution in [0.4, 0.5) is 17.3 Å². The summed E-state index contributed by atoms with van der Waals surface area (Å²) in [5.41, 5.74) is 3.47. The highest BCUT2D eigenvalue weighted by Gasteiger charge is 2.28. The predicted molar refractivity (Wildman–Crippen MR) is 86.3 cm³/mol. The first-order chi connectivity index (χ1) is 10.7. The van der Waals surface area contributed by atoms with Crippen molar-refractivity contribution in [2.75, 3.05) is 4.90 Å². The van der Waals surface area contributed by atoms with Gasteiger partial charge in [-0.3, -0.25) is 4.90 Å². The smallest absolute Gasteiger partial charge is 0.182 e. The maximum absolute atomic E-state index is 5.93. The molecule has 1 aliphatic heterocycles. The molecular formula is C18H15N3O. The molecule has 3 heterocycles. The SMILES string of the molecule is Cc1ccc(N2c3ncccc3Oc3cccnc32)c(C)c1. The van der Waals surface area contributed by atoms with E-state index >= 15 is 0 Å². The van der Waals surface area contributed by atoms with Crippen LogP contribution in [0.15, 0.2) is 54.9 Å². The third-order valence-electron chi connectivity index (χ3n) is 3.74. The van der Waals surface area contributed by atoms with Crippen LogP contribution in [0.3, 0.4) is 0 Å². The van der Waals surface area contributed by atoms with Crippen molar-refractivity contribution < 1.29 is 4.74 Å². The van der Waals surface area contributed by atoms with Crippen molar-refractivity contribution in [3.8, 4) is 11.5 Å². The summed E-state index contributed by atoms with van der Waals surface area (Å²) >= 11 is 0. The minimum Gasteiger partial charge on any atom is -0.450 e. The quantitative estimate of drug-likeness (QED) is 0.510. The first-order valence-corrected chi connectivity index (χ1v) is 7.19. The van der Waals surface area contributed by atoms with Crippen molar-refractivity contribution in [3.05, 3.63) is 66.0 Å². The van der Waals surface area contributed by atoms with Crippen molar-refractivity contribution in [3.63, 3.8) is 0 Å². The lowest BCUT2D eigenvalue weighted by molar-refractivity contribution is 0.471.